The summed E-state index contributed by atoms with van der Waals surface area (Å²) in [6.07, 6.45) is -1.15. The summed E-state index contributed by atoms with van der Waals surface area (Å²) in [6, 6.07) is 0. The zero-order valence-electron chi connectivity index (χ0n) is 15.6. The first-order chi connectivity index (χ1) is 13.2. The van der Waals surface area contributed by atoms with Crippen molar-refractivity contribution in [2.45, 2.75) is 26.7 Å². The summed E-state index contributed by atoms with van der Waals surface area (Å²) in [5.41, 5.74) is -1.42. The molecule has 0 bridgehead atoms. The third kappa shape index (κ3) is 7.12. The quantitative estimate of drug-likeness (QED) is 0.264. The van der Waals surface area contributed by atoms with E-state index in [0.717, 1.165) is 0 Å². The number of carbonyl (C=O) groups is 5. The number of aliphatic hydroxyl groups excluding tert-OH is 1. The number of ether oxygens (including phenoxy) is 4. The van der Waals surface area contributed by atoms with Crippen molar-refractivity contribution in [1.82, 2.24) is 5.06 Å². The fraction of sp³-hybridized carbons (Fsp3) is 0.688. The number of carbonyl (C=O) groups excluding carboxylic acids is 5. The van der Waals surface area contributed by atoms with Crippen LogP contribution >= 0.6 is 0 Å². The van der Waals surface area contributed by atoms with Gasteiger partial charge in [-0.25, -0.2) is 9.59 Å². The molecule has 0 aromatic rings. The zero-order valence-corrected chi connectivity index (χ0v) is 15.6. The lowest BCUT2D eigenvalue weighted by atomic mass is 9.93. The standard InChI is InChI=1S/C16H23NO11/c1-3-25-14(22)16(2,9-18)10-27-15(23)26-7-6-24-8-13(21)28-17-11(19)4-5-12(17)20/h18H,3-10H2,1-2H3. The molecule has 1 atom stereocenters. The van der Waals surface area contributed by atoms with Crippen LogP contribution in [0.15, 0.2) is 0 Å². The summed E-state index contributed by atoms with van der Waals surface area (Å²) in [7, 11) is 0. The third-order valence-electron chi connectivity index (χ3n) is 3.49. The molecular weight excluding hydrogens is 382 g/mol. The number of hydrogen-bond acceptors (Lipinski definition) is 11. The van der Waals surface area contributed by atoms with Crippen molar-refractivity contribution in [2.75, 3.05) is 39.6 Å². The van der Waals surface area contributed by atoms with Crippen molar-refractivity contribution in [3.05, 3.63) is 0 Å². The number of hydroxylamine groups is 2. The highest BCUT2D eigenvalue weighted by atomic mass is 16.7. The molecule has 1 unspecified atom stereocenters. The van der Waals surface area contributed by atoms with Crippen LogP contribution in [0.25, 0.3) is 0 Å². The predicted octanol–water partition coefficient (Wildman–Crippen LogP) is -0.675. The van der Waals surface area contributed by atoms with Crippen LogP contribution in [0.1, 0.15) is 26.7 Å². The SMILES string of the molecule is CCOC(=O)C(C)(CO)COC(=O)OCCOCC(=O)ON1C(=O)CCC1=O. The van der Waals surface area contributed by atoms with E-state index in [1.165, 1.54) is 6.92 Å². The van der Waals surface area contributed by atoms with Gasteiger partial charge in [0.15, 0.2) is 0 Å². The Morgan fingerprint density at radius 2 is 1.71 bits per heavy atom. The van der Waals surface area contributed by atoms with Gasteiger partial charge >= 0.3 is 18.1 Å². The van der Waals surface area contributed by atoms with Crippen LogP contribution in [-0.4, -0.2) is 79.7 Å². The number of aliphatic hydroxyl groups is 1. The van der Waals surface area contributed by atoms with E-state index in [4.69, 9.17) is 14.2 Å². The molecule has 1 heterocycles. The molecule has 12 nitrogen and oxygen atoms in total. The molecular formula is C16H23NO11. The molecule has 2 amide bonds. The number of imide groups is 1. The fourth-order valence-corrected chi connectivity index (χ4v) is 1.86. The Morgan fingerprint density at radius 1 is 1.07 bits per heavy atom. The van der Waals surface area contributed by atoms with Gasteiger partial charge in [-0.15, -0.1) is 5.06 Å². The van der Waals surface area contributed by atoms with E-state index in [1.807, 2.05) is 0 Å². The molecule has 0 spiro atoms. The molecule has 1 fully saturated rings. The molecule has 1 aliphatic heterocycles. The Bertz CT molecular complexity index is 589. The molecule has 0 aromatic carbocycles. The lowest BCUT2D eigenvalue weighted by Crippen LogP contribution is -2.39. The Morgan fingerprint density at radius 3 is 2.29 bits per heavy atom. The first-order valence-electron chi connectivity index (χ1n) is 8.45. The van der Waals surface area contributed by atoms with Crippen molar-refractivity contribution in [3.8, 4) is 0 Å². The van der Waals surface area contributed by atoms with Crippen molar-refractivity contribution in [2.24, 2.45) is 5.41 Å². The van der Waals surface area contributed by atoms with E-state index in [0.29, 0.717) is 5.06 Å². The first kappa shape index (κ1) is 23.3. The van der Waals surface area contributed by atoms with Gasteiger partial charge < -0.3 is 28.9 Å². The van der Waals surface area contributed by atoms with Gasteiger partial charge in [-0.05, 0) is 13.8 Å². The second kappa shape index (κ2) is 11.2. The highest BCUT2D eigenvalue weighted by Crippen LogP contribution is 2.18. The maximum absolute atomic E-state index is 11.7. The molecule has 158 valence electrons. The molecule has 0 saturated carbocycles. The van der Waals surface area contributed by atoms with E-state index in [9.17, 15) is 29.1 Å². The lowest BCUT2D eigenvalue weighted by Gasteiger charge is -2.23. The van der Waals surface area contributed by atoms with E-state index in [-0.39, 0.29) is 32.7 Å². The Labute approximate surface area is 160 Å². The molecule has 0 radical (unpaired) electrons. The van der Waals surface area contributed by atoms with Crippen LogP contribution in [0.5, 0.6) is 0 Å². The molecule has 1 rings (SSSR count). The average molecular weight is 405 g/mol. The minimum atomic E-state index is -1.42. The molecule has 1 N–H and O–H groups in total. The van der Waals surface area contributed by atoms with Gasteiger partial charge in [0.2, 0.25) is 0 Å². The van der Waals surface area contributed by atoms with Gasteiger partial charge in [0.25, 0.3) is 11.8 Å². The van der Waals surface area contributed by atoms with Crippen molar-refractivity contribution in [3.63, 3.8) is 0 Å². The maximum atomic E-state index is 11.7. The molecule has 0 aromatic heterocycles. The number of nitrogens with zero attached hydrogens (tertiary/aromatic N) is 1. The third-order valence-corrected chi connectivity index (χ3v) is 3.49. The smallest absolute Gasteiger partial charge is 0.465 e. The number of amides is 2. The summed E-state index contributed by atoms with van der Waals surface area (Å²) in [5, 5.41) is 9.68. The van der Waals surface area contributed by atoms with Crippen LogP contribution in [0, 0.1) is 5.41 Å². The highest BCUT2D eigenvalue weighted by molar-refractivity contribution is 6.01. The normalized spacial score (nSPS) is 15.8. The largest absolute Gasteiger partial charge is 0.508 e. The summed E-state index contributed by atoms with van der Waals surface area (Å²) in [5.74, 6) is -2.90. The second-order valence-corrected chi connectivity index (χ2v) is 5.92. The van der Waals surface area contributed by atoms with Gasteiger partial charge in [-0.1, -0.05) is 0 Å². The van der Waals surface area contributed by atoms with E-state index >= 15 is 0 Å². The van der Waals surface area contributed by atoms with Crippen LogP contribution < -0.4 is 0 Å². The molecule has 28 heavy (non-hydrogen) atoms. The van der Waals surface area contributed by atoms with E-state index in [2.05, 4.69) is 9.57 Å². The van der Waals surface area contributed by atoms with Gasteiger partial charge in [0, 0.05) is 12.8 Å². The topological polar surface area (TPSA) is 155 Å². The zero-order chi connectivity index (χ0) is 21.2. The summed E-state index contributed by atoms with van der Waals surface area (Å²) in [4.78, 5) is 61.8. The highest BCUT2D eigenvalue weighted by Gasteiger charge is 2.36. The van der Waals surface area contributed by atoms with Crippen molar-refractivity contribution in [1.29, 1.82) is 0 Å². The number of rotatable bonds is 11. The predicted molar refractivity (Wildman–Crippen MR) is 87.1 cm³/mol. The van der Waals surface area contributed by atoms with Gasteiger partial charge in [-0.3, -0.25) is 14.4 Å². The lowest BCUT2D eigenvalue weighted by molar-refractivity contribution is -0.200. The Balaban J connectivity index is 2.19. The summed E-state index contributed by atoms with van der Waals surface area (Å²) in [6.45, 7) is 0.993. The minimum absolute atomic E-state index is 0.0194. The molecule has 12 heteroatoms. The molecule has 1 aliphatic rings. The minimum Gasteiger partial charge on any atom is -0.465 e. The fourth-order valence-electron chi connectivity index (χ4n) is 1.86. The summed E-state index contributed by atoms with van der Waals surface area (Å²) < 4.78 is 19.1. The van der Waals surface area contributed by atoms with Crippen LogP contribution in [0.3, 0.4) is 0 Å². The molecule has 0 aliphatic carbocycles. The first-order valence-corrected chi connectivity index (χ1v) is 8.45. The van der Waals surface area contributed by atoms with Crippen molar-refractivity contribution < 1.29 is 52.9 Å². The summed E-state index contributed by atoms with van der Waals surface area (Å²) >= 11 is 0. The van der Waals surface area contributed by atoms with Crippen LogP contribution in [-0.2, 0) is 43.0 Å². The van der Waals surface area contributed by atoms with Gasteiger partial charge in [0.05, 0.1) is 19.8 Å². The number of hydrogen-bond donors (Lipinski definition) is 1. The second-order valence-electron chi connectivity index (χ2n) is 5.92. The van der Waals surface area contributed by atoms with Gasteiger partial charge in [-0.2, -0.15) is 0 Å². The van der Waals surface area contributed by atoms with Crippen LogP contribution in [0.4, 0.5) is 4.79 Å². The molecule has 1 saturated heterocycles. The van der Waals surface area contributed by atoms with E-state index < -0.39 is 55.1 Å². The Kier molecular flexibility index (Phi) is 9.32. The average Bonchev–Trinajstić information content (AvgIpc) is 2.97. The monoisotopic (exact) mass is 405 g/mol. The maximum Gasteiger partial charge on any atom is 0.508 e. The van der Waals surface area contributed by atoms with Crippen molar-refractivity contribution >= 4 is 29.9 Å². The van der Waals surface area contributed by atoms with Gasteiger partial charge in [0.1, 0.15) is 25.2 Å². The number of esters is 1. The Hall–Kier alpha value is -2.73. The van der Waals surface area contributed by atoms with Crippen LogP contribution in [0.2, 0.25) is 0 Å². The van der Waals surface area contributed by atoms with E-state index in [1.54, 1.807) is 6.92 Å².